The van der Waals surface area contributed by atoms with E-state index >= 15 is 0 Å². The molecule has 4 bridgehead atoms. The maximum atomic E-state index is 13.5. The Morgan fingerprint density at radius 1 is 0.967 bits per heavy atom. The summed E-state index contributed by atoms with van der Waals surface area (Å²) < 4.78 is 12.3. The van der Waals surface area contributed by atoms with Crippen molar-refractivity contribution >= 4 is 11.9 Å². The van der Waals surface area contributed by atoms with Crippen LogP contribution in [0.4, 0.5) is 0 Å². The van der Waals surface area contributed by atoms with E-state index in [4.69, 9.17) is 9.47 Å². The molecule has 6 nitrogen and oxygen atoms in total. The molecule has 0 radical (unpaired) electrons. The topological polar surface area (TPSA) is 59.1 Å². The van der Waals surface area contributed by atoms with Gasteiger partial charge < -0.3 is 9.47 Å². The monoisotopic (exact) mass is 406 g/mol. The second kappa shape index (κ2) is 5.10. The lowest BCUT2D eigenvalue weighted by atomic mass is 9.69. The van der Waals surface area contributed by atoms with Gasteiger partial charge in [-0.3, -0.25) is 9.80 Å². The van der Waals surface area contributed by atoms with Gasteiger partial charge in [0.1, 0.15) is 0 Å². The molecule has 0 N–H and O–H groups in total. The van der Waals surface area contributed by atoms with Gasteiger partial charge in [-0.05, 0) is 50.8 Å². The van der Waals surface area contributed by atoms with Crippen molar-refractivity contribution in [2.75, 3.05) is 13.1 Å². The van der Waals surface area contributed by atoms with Crippen molar-refractivity contribution < 1.29 is 19.1 Å². The molecule has 5 fully saturated rings. The molecule has 1 saturated carbocycles. The smallest absolute Gasteiger partial charge is 0.335 e. The fraction of sp³-hybridized carbons (Fsp3) is 0.667. The number of esters is 2. The maximum Gasteiger partial charge on any atom is 0.335 e. The number of fused-ring (bicyclic) bond motifs is 6. The Balaban J connectivity index is 1.29. The van der Waals surface area contributed by atoms with E-state index in [1.165, 1.54) is 6.42 Å². The highest BCUT2D eigenvalue weighted by Crippen LogP contribution is 2.61. The second-order valence-electron chi connectivity index (χ2n) is 10.6. The van der Waals surface area contributed by atoms with E-state index in [0.29, 0.717) is 12.1 Å². The van der Waals surface area contributed by atoms with Gasteiger partial charge in [-0.2, -0.15) is 0 Å². The van der Waals surface area contributed by atoms with Crippen LogP contribution in [0.1, 0.15) is 44.9 Å². The molecule has 6 heterocycles. The number of rotatable bonds is 1. The quantitative estimate of drug-likeness (QED) is 0.620. The molecule has 2 aliphatic carbocycles. The Bertz CT molecular complexity index is 1010. The molecule has 4 saturated heterocycles. The van der Waals surface area contributed by atoms with Gasteiger partial charge in [-0.15, -0.1) is 0 Å². The lowest BCUT2D eigenvalue weighted by Gasteiger charge is -2.37. The average Bonchev–Trinajstić information content (AvgIpc) is 3.50. The van der Waals surface area contributed by atoms with Crippen LogP contribution in [0.2, 0.25) is 0 Å². The van der Waals surface area contributed by atoms with E-state index < -0.39 is 11.2 Å². The Labute approximate surface area is 175 Å². The zero-order valence-corrected chi connectivity index (χ0v) is 17.0. The Hall–Kier alpha value is -1.92. The minimum atomic E-state index is -0.434. The highest BCUT2D eigenvalue weighted by molar-refractivity contribution is 5.96. The first-order valence-electron chi connectivity index (χ1n) is 11.7. The van der Waals surface area contributed by atoms with Crippen molar-refractivity contribution in [2.45, 2.75) is 80.3 Å². The minimum Gasteiger partial charge on any atom is -0.450 e. The minimum absolute atomic E-state index is 0.0977. The van der Waals surface area contributed by atoms with E-state index in [1.54, 1.807) is 6.08 Å². The van der Waals surface area contributed by atoms with Crippen molar-refractivity contribution in [2.24, 2.45) is 5.92 Å². The lowest BCUT2D eigenvalue weighted by molar-refractivity contribution is -0.150. The first kappa shape index (κ1) is 16.7. The molecule has 7 atom stereocenters. The van der Waals surface area contributed by atoms with Crippen LogP contribution in [-0.2, 0) is 19.1 Å². The summed E-state index contributed by atoms with van der Waals surface area (Å²) in [7, 11) is 0. The molecule has 6 aliphatic heterocycles. The summed E-state index contributed by atoms with van der Waals surface area (Å²) >= 11 is 0. The lowest BCUT2D eigenvalue weighted by Crippen LogP contribution is -2.43. The van der Waals surface area contributed by atoms with Crippen LogP contribution >= 0.6 is 0 Å². The standard InChI is InChI=1S/C24H26N2O4/c27-20-10-13-9-15(17-12-23(13,29-20)18-3-2-8-26(17)18)21-16-6-5-14-11-24(16,30-22(21)28)19-4-1-7-25(14)19/h5-6,10,14-15,17-19H,1-4,7-9,11-12H2/t14-,15+,17+,18-,19-,23+,24+/m1/s1. The fourth-order valence-electron chi connectivity index (χ4n) is 8.75. The van der Waals surface area contributed by atoms with E-state index in [9.17, 15) is 9.59 Å². The number of carbonyl (C=O) groups is 2. The Kier molecular flexibility index (Phi) is 2.85. The van der Waals surface area contributed by atoms with Crippen molar-refractivity contribution in [3.8, 4) is 0 Å². The number of ether oxygens (including phenoxy) is 2. The number of carbonyl (C=O) groups excluding carboxylic acids is 2. The molecule has 0 amide bonds. The first-order chi connectivity index (χ1) is 14.6. The van der Waals surface area contributed by atoms with Crippen LogP contribution in [0.3, 0.4) is 0 Å². The molecule has 0 aromatic carbocycles. The summed E-state index contributed by atoms with van der Waals surface area (Å²) in [4.78, 5) is 30.9. The van der Waals surface area contributed by atoms with Gasteiger partial charge in [0.15, 0.2) is 11.2 Å². The molecular weight excluding hydrogens is 380 g/mol. The molecule has 0 unspecified atom stereocenters. The molecular formula is C24H26N2O4. The molecule has 156 valence electrons. The van der Waals surface area contributed by atoms with Gasteiger partial charge in [-0.25, -0.2) is 9.59 Å². The fourth-order valence-corrected chi connectivity index (χ4v) is 8.75. The zero-order chi connectivity index (χ0) is 19.8. The SMILES string of the molecule is O=C1C=C2C[C@H](C3=C4C=C[C@@H]5C[C@@]4(OC3=O)[C@H]3CCCN53)[C@@H]3C[C@@]2(O1)[C@H]1CCCN31. The summed E-state index contributed by atoms with van der Waals surface area (Å²) in [6.45, 7) is 2.15. The van der Waals surface area contributed by atoms with Gasteiger partial charge in [0, 0.05) is 48.1 Å². The normalized spacial score (nSPS) is 50.4. The Morgan fingerprint density at radius 3 is 2.63 bits per heavy atom. The largest absolute Gasteiger partial charge is 0.450 e. The van der Waals surface area contributed by atoms with E-state index in [2.05, 4.69) is 22.0 Å². The van der Waals surface area contributed by atoms with E-state index in [-0.39, 0.29) is 29.9 Å². The van der Waals surface area contributed by atoms with Crippen LogP contribution in [0.15, 0.2) is 34.9 Å². The highest BCUT2D eigenvalue weighted by atomic mass is 16.6. The number of nitrogens with zero attached hydrogens (tertiary/aromatic N) is 2. The predicted molar refractivity (Wildman–Crippen MR) is 106 cm³/mol. The van der Waals surface area contributed by atoms with Crippen molar-refractivity contribution in [1.29, 1.82) is 0 Å². The molecule has 8 rings (SSSR count). The third kappa shape index (κ3) is 1.67. The van der Waals surface area contributed by atoms with Crippen LogP contribution in [-0.4, -0.2) is 70.2 Å². The predicted octanol–water partition coefficient (Wildman–Crippen LogP) is 1.86. The van der Waals surface area contributed by atoms with Gasteiger partial charge in [0.2, 0.25) is 0 Å². The van der Waals surface area contributed by atoms with Gasteiger partial charge in [-0.1, -0.05) is 12.2 Å². The molecule has 2 spiro atoms. The zero-order valence-electron chi connectivity index (χ0n) is 17.0. The van der Waals surface area contributed by atoms with Crippen molar-refractivity contribution in [3.63, 3.8) is 0 Å². The van der Waals surface area contributed by atoms with Crippen LogP contribution < -0.4 is 0 Å². The summed E-state index contributed by atoms with van der Waals surface area (Å²) in [5, 5.41) is 0. The summed E-state index contributed by atoms with van der Waals surface area (Å²) in [6, 6.07) is 1.28. The highest BCUT2D eigenvalue weighted by Gasteiger charge is 2.68. The second-order valence-corrected chi connectivity index (χ2v) is 10.6. The molecule has 0 aromatic heterocycles. The van der Waals surface area contributed by atoms with Crippen LogP contribution in [0.25, 0.3) is 0 Å². The molecule has 6 heteroatoms. The Morgan fingerprint density at radius 2 is 1.77 bits per heavy atom. The van der Waals surface area contributed by atoms with Gasteiger partial charge in [0.05, 0.1) is 12.1 Å². The summed E-state index contributed by atoms with van der Waals surface area (Å²) in [6.07, 6.45) is 13.3. The van der Waals surface area contributed by atoms with E-state index in [1.807, 2.05) is 0 Å². The van der Waals surface area contributed by atoms with Crippen LogP contribution in [0, 0.1) is 5.92 Å². The molecule has 30 heavy (non-hydrogen) atoms. The van der Waals surface area contributed by atoms with Crippen molar-refractivity contribution in [1.82, 2.24) is 9.80 Å². The van der Waals surface area contributed by atoms with Gasteiger partial charge in [0.25, 0.3) is 0 Å². The number of hydrogen-bond acceptors (Lipinski definition) is 6. The third-order valence-electron chi connectivity index (χ3n) is 9.66. The molecule has 0 aromatic rings. The van der Waals surface area contributed by atoms with Crippen molar-refractivity contribution in [3.05, 3.63) is 34.9 Å². The van der Waals surface area contributed by atoms with Gasteiger partial charge >= 0.3 is 11.9 Å². The van der Waals surface area contributed by atoms with E-state index in [0.717, 1.165) is 68.3 Å². The third-order valence-corrected chi connectivity index (χ3v) is 9.66. The first-order valence-corrected chi connectivity index (χ1v) is 11.7. The molecule has 8 aliphatic rings. The van der Waals surface area contributed by atoms with Crippen LogP contribution in [0.5, 0.6) is 0 Å². The average molecular weight is 406 g/mol. The summed E-state index contributed by atoms with van der Waals surface area (Å²) in [5.41, 5.74) is 2.32. The summed E-state index contributed by atoms with van der Waals surface area (Å²) in [5.74, 6) is -0.199. The maximum absolute atomic E-state index is 13.5. The number of hydrogen-bond donors (Lipinski definition) is 0.